The van der Waals surface area contributed by atoms with E-state index in [4.69, 9.17) is 0 Å². The summed E-state index contributed by atoms with van der Waals surface area (Å²) in [5.41, 5.74) is 1.92. The number of likely N-dealkylation sites (tertiary alicyclic amines) is 1. The molecule has 1 aliphatic heterocycles. The zero-order valence-corrected chi connectivity index (χ0v) is 8.89. The van der Waals surface area contributed by atoms with Crippen LogP contribution in [-0.2, 0) is 6.54 Å². The van der Waals surface area contributed by atoms with E-state index >= 15 is 0 Å². The predicted octanol–water partition coefficient (Wildman–Crippen LogP) is 2.38. The van der Waals surface area contributed by atoms with E-state index in [-0.39, 0.29) is 0 Å². The smallest absolute Gasteiger partial charge is 0.0794 e. The van der Waals surface area contributed by atoms with Crippen LogP contribution in [0.5, 0.6) is 0 Å². The summed E-state index contributed by atoms with van der Waals surface area (Å²) in [5.74, 6) is 0.928. The van der Waals surface area contributed by atoms with E-state index in [1.165, 1.54) is 30.8 Å². The van der Waals surface area contributed by atoms with Crippen LogP contribution >= 0.6 is 11.3 Å². The van der Waals surface area contributed by atoms with Crippen LogP contribution in [0.15, 0.2) is 11.7 Å². The number of piperidine rings is 1. The van der Waals surface area contributed by atoms with Crippen molar-refractivity contribution in [2.45, 2.75) is 26.3 Å². The Hall–Kier alpha value is -0.410. The Balaban J connectivity index is 1.83. The molecule has 1 fully saturated rings. The second-order valence-corrected chi connectivity index (χ2v) is 4.90. The zero-order chi connectivity index (χ0) is 9.10. The number of aromatic nitrogens is 1. The summed E-state index contributed by atoms with van der Waals surface area (Å²) in [6.45, 7) is 5.99. The minimum absolute atomic E-state index is 0.928. The Morgan fingerprint density at radius 3 is 2.92 bits per heavy atom. The monoisotopic (exact) mass is 196 g/mol. The number of rotatable bonds is 2. The molecule has 0 atom stereocenters. The maximum absolute atomic E-state index is 4.09. The van der Waals surface area contributed by atoms with Gasteiger partial charge in [0, 0.05) is 17.6 Å². The third-order valence-corrected chi connectivity index (χ3v) is 3.50. The van der Waals surface area contributed by atoms with Crippen LogP contribution in [0.4, 0.5) is 0 Å². The van der Waals surface area contributed by atoms with Gasteiger partial charge in [-0.25, -0.2) is 0 Å². The van der Waals surface area contributed by atoms with E-state index in [1.54, 1.807) is 11.3 Å². The first kappa shape index (κ1) is 9.16. The summed E-state index contributed by atoms with van der Waals surface area (Å²) in [5, 5.41) is 0. The minimum atomic E-state index is 0.928. The van der Waals surface area contributed by atoms with Gasteiger partial charge in [-0.05, 0) is 31.8 Å². The van der Waals surface area contributed by atoms with Gasteiger partial charge in [0.15, 0.2) is 0 Å². The Labute approximate surface area is 83.6 Å². The molecule has 1 saturated heterocycles. The fourth-order valence-electron chi connectivity index (χ4n) is 1.76. The van der Waals surface area contributed by atoms with Crippen molar-refractivity contribution < 1.29 is 0 Å². The maximum Gasteiger partial charge on any atom is 0.0794 e. The van der Waals surface area contributed by atoms with E-state index in [1.807, 2.05) is 11.7 Å². The number of hydrogen-bond donors (Lipinski definition) is 0. The minimum Gasteiger partial charge on any atom is -0.298 e. The van der Waals surface area contributed by atoms with Crippen molar-refractivity contribution in [2.24, 2.45) is 5.92 Å². The highest BCUT2D eigenvalue weighted by Crippen LogP contribution is 2.18. The van der Waals surface area contributed by atoms with Crippen molar-refractivity contribution >= 4 is 11.3 Å². The van der Waals surface area contributed by atoms with Gasteiger partial charge >= 0.3 is 0 Å². The highest BCUT2D eigenvalue weighted by molar-refractivity contribution is 7.09. The summed E-state index contributed by atoms with van der Waals surface area (Å²) in [6.07, 6.45) is 4.71. The van der Waals surface area contributed by atoms with E-state index in [0.717, 1.165) is 12.5 Å². The second-order valence-electron chi connectivity index (χ2n) is 3.93. The molecule has 0 unspecified atom stereocenters. The molecule has 1 aliphatic rings. The molecule has 3 heteroatoms. The van der Waals surface area contributed by atoms with Gasteiger partial charge in [-0.15, -0.1) is 11.3 Å². The molecule has 1 aromatic heterocycles. The standard InChI is InChI=1S/C10H16N2S/c1-9-2-4-12(5-3-9)7-10-6-11-8-13-10/h6,8-9H,2-5,7H2,1H3. The van der Waals surface area contributed by atoms with Gasteiger partial charge in [-0.2, -0.15) is 0 Å². The van der Waals surface area contributed by atoms with Gasteiger partial charge in [0.2, 0.25) is 0 Å². The van der Waals surface area contributed by atoms with Gasteiger partial charge in [-0.3, -0.25) is 9.88 Å². The van der Waals surface area contributed by atoms with Crippen LogP contribution in [0.3, 0.4) is 0 Å². The lowest BCUT2D eigenvalue weighted by Crippen LogP contribution is -2.32. The largest absolute Gasteiger partial charge is 0.298 e. The first-order valence-corrected chi connectivity index (χ1v) is 5.82. The maximum atomic E-state index is 4.09. The molecule has 0 radical (unpaired) electrons. The SMILES string of the molecule is CC1CCN(Cc2cncs2)CC1. The Kier molecular flexibility index (Phi) is 2.96. The van der Waals surface area contributed by atoms with E-state index < -0.39 is 0 Å². The predicted molar refractivity (Wildman–Crippen MR) is 55.8 cm³/mol. The molecular weight excluding hydrogens is 180 g/mol. The summed E-state index contributed by atoms with van der Waals surface area (Å²) < 4.78 is 0. The third kappa shape index (κ3) is 2.51. The van der Waals surface area contributed by atoms with Crippen molar-refractivity contribution in [1.82, 2.24) is 9.88 Å². The van der Waals surface area contributed by atoms with Crippen LogP contribution in [-0.4, -0.2) is 23.0 Å². The quantitative estimate of drug-likeness (QED) is 0.722. The van der Waals surface area contributed by atoms with E-state index in [0.29, 0.717) is 0 Å². The normalized spacial score (nSPS) is 20.7. The lowest BCUT2D eigenvalue weighted by atomic mass is 9.99. The van der Waals surface area contributed by atoms with Crippen molar-refractivity contribution in [3.63, 3.8) is 0 Å². The molecule has 72 valence electrons. The highest BCUT2D eigenvalue weighted by Gasteiger charge is 2.15. The first-order valence-electron chi connectivity index (χ1n) is 4.94. The fraction of sp³-hybridized carbons (Fsp3) is 0.700. The third-order valence-electron chi connectivity index (χ3n) is 2.74. The topological polar surface area (TPSA) is 16.1 Å². The van der Waals surface area contributed by atoms with E-state index in [2.05, 4.69) is 16.8 Å². The average Bonchev–Trinajstić information content (AvgIpc) is 2.62. The lowest BCUT2D eigenvalue weighted by Gasteiger charge is -2.29. The number of nitrogens with zero attached hydrogens (tertiary/aromatic N) is 2. The molecule has 0 amide bonds. The molecule has 2 rings (SSSR count). The van der Waals surface area contributed by atoms with Crippen molar-refractivity contribution in [1.29, 1.82) is 0 Å². The molecule has 0 saturated carbocycles. The summed E-state index contributed by atoms with van der Waals surface area (Å²) >= 11 is 1.76. The second kappa shape index (κ2) is 4.20. The van der Waals surface area contributed by atoms with Crippen molar-refractivity contribution in [3.05, 3.63) is 16.6 Å². The van der Waals surface area contributed by atoms with Gasteiger partial charge in [0.1, 0.15) is 0 Å². The number of thiazole rings is 1. The lowest BCUT2D eigenvalue weighted by molar-refractivity contribution is 0.186. The molecule has 0 aromatic carbocycles. The van der Waals surface area contributed by atoms with Crippen LogP contribution < -0.4 is 0 Å². The Bertz CT molecular complexity index is 237. The molecule has 0 spiro atoms. The summed E-state index contributed by atoms with van der Waals surface area (Å²) in [6, 6.07) is 0. The van der Waals surface area contributed by atoms with Crippen molar-refractivity contribution in [2.75, 3.05) is 13.1 Å². The Morgan fingerprint density at radius 1 is 1.54 bits per heavy atom. The van der Waals surface area contributed by atoms with Crippen LogP contribution in [0.1, 0.15) is 24.6 Å². The first-order chi connectivity index (χ1) is 6.34. The Morgan fingerprint density at radius 2 is 2.31 bits per heavy atom. The number of hydrogen-bond acceptors (Lipinski definition) is 3. The van der Waals surface area contributed by atoms with Gasteiger partial charge in [0.05, 0.1) is 5.51 Å². The molecule has 0 aliphatic carbocycles. The van der Waals surface area contributed by atoms with Gasteiger partial charge in [-0.1, -0.05) is 6.92 Å². The molecule has 0 bridgehead atoms. The van der Waals surface area contributed by atoms with Gasteiger partial charge < -0.3 is 0 Å². The summed E-state index contributed by atoms with van der Waals surface area (Å²) in [4.78, 5) is 8.03. The molecular formula is C10H16N2S. The fourth-order valence-corrected chi connectivity index (χ4v) is 2.40. The molecule has 13 heavy (non-hydrogen) atoms. The molecule has 2 nitrogen and oxygen atoms in total. The van der Waals surface area contributed by atoms with Crippen LogP contribution in [0.25, 0.3) is 0 Å². The highest BCUT2D eigenvalue weighted by atomic mass is 32.1. The van der Waals surface area contributed by atoms with Crippen molar-refractivity contribution in [3.8, 4) is 0 Å². The van der Waals surface area contributed by atoms with Crippen LogP contribution in [0, 0.1) is 5.92 Å². The zero-order valence-electron chi connectivity index (χ0n) is 8.07. The molecule has 2 heterocycles. The van der Waals surface area contributed by atoms with Gasteiger partial charge in [0.25, 0.3) is 0 Å². The van der Waals surface area contributed by atoms with E-state index in [9.17, 15) is 0 Å². The molecule has 1 aromatic rings. The molecule has 0 N–H and O–H groups in total. The van der Waals surface area contributed by atoms with Crippen LogP contribution in [0.2, 0.25) is 0 Å². The summed E-state index contributed by atoms with van der Waals surface area (Å²) in [7, 11) is 0. The average molecular weight is 196 g/mol.